The Kier molecular flexibility index (Phi) is 4.19. The van der Waals surface area contributed by atoms with Crippen LogP contribution in [0.5, 0.6) is 0 Å². The van der Waals surface area contributed by atoms with Crippen molar-refractivity contribution in [3.8, 4) is 0 Å². The van der Waals surface area contributed by atoms with Gasteiger partial charge in [0.2, 0.25) is 0 Å². The first kappa shape index (κ1) is 8.06. The second-order valence-corrected chi connectivity index (χ2v) is 2.43. The van der Waals surface area contributed by atoms with Gasteiger partial charge in [-0.3, -0.25) is 0 Å². The molecule has 0 heteroatoms. The van der Waals surface area contributed by atoms with E-state index in [1.54, 1.807) is 0 Å². The Morgan fingerprint density at radius 3 is 2.91 bits per heavy atom. The molecule has 0 heterocycles. The summed E-state index contributed by atoms with van der Waals surface area (Å²) >= 11 is 0. The zero-order chi connectivity index (χ0) is 7.78. The van der Waals surface area contributed by atoms with E-state index in [1.165, 1.54) is 0 Å². The SMILES string of the molecule is [C]1=C/C=C/C=C\C/C=C/CC\1. The number of hydrogen-bond donors (Lipinski definition) is 0. The average molecular weight is 145 g/mol. The summed E-state index contributed by atoms with van der Waals surface area (Å²) in [5.41, 5.74) is 0. The minimum absolute atomic E-state index is 1.03. The van der Waals surface area contributed by atoms with E-state index in [4.69, 9.17) is 0 Å². The number of rotatable bonds is 0. The number of hydrogen-bond acceptors (Lipinski definition) is 0. The highest BCUT2D eigenvalue weighted by molar-refractivity contribution is 5.11. The molecular weight excluding hydrogens is 132 g/mol. The van der Waals surface area contributed by atoms with Crippen LogP contribution in [0, 0.1) is 6.08 Å². The Balaban J connectivity index is 2.47. The standard InChI is InChI=1S/C11H13/c1-2-4-6-8-10-11-9-7-5-3-1/h1-5,8,10H,6,9,11H2/b3-1+,4-2-,7-5?,10-8+. The van der Waals surface area contributed by atoms with Crippen LogP contribution in [0.15, 0.2) is 42.5 Å². The molecule has 0 nitrogen and oxygen atoms in total. The molecular formula is C11H13. The molecule has 0 aromatic carbocycles. The monoisotopic (exact) mass is 145 g/mol. The third kappa shape index (κ3) is 4.38. The molecule has 11 heavy (non-hydrogen) atoms. The van der Waals surface area contributed by atoms with Gasteiger partial charge in [-0.2, -0.15) is 0 Å². The highest BCUT2D eigenvalue weighted by Gasteiger charge is 1.77. The molecule has 0 atom stereocenters. The van der Waals surface area contributed by atoms with Gasteiger partial charge < -0.3 is 0 Å². The highest BCUT2D eigenvalue weighted by atomic mass is 13.8. The molecule has 57 valence electrons. The van der Waals surface area contributed by atoms with Crippen molar-refractivity contribution in [3.63, 3.8) is 0 Å². The van der Waals surface area contributed by atoms with Gasteiger partial charge in [-0.15, -0.1) is 0 Å². The molecule has 1 aliphatic rings. The van der Waals surface area contributed by atoms with Gasteiger partial charge in [0, 0.05) is 0 Å². The maximum atomic E-state index is 3.19. The lowest BCUT2D eigenvalue weighted by Crippen LogP contribution is -1.64. The molecule has 0 saturated carbocycles. The van der Waals surface area contributed by atoms with Gasteiger partial charge >= 0.3 is 0 Å². The van der Waals surface area contributed by atoms with Crippen molar-refractivity contribution in [1.29, 1.82) is 0 Å². The Labute approximate surface area is 68.6 Å². The molecule has 0 fully saturated rings. The summed E-state index contributed by atoms with van der Waals surface area (Å²) in [6, 6.07) is 0. The van der Waals surface area contributed by atoms with E-state index in [9.17, 15) is 0 Å². The molecule has 0 bridgehead atoms. The number of allylic oxidation sites excluding steroid dienone is 8. The molecule has 0 saturated heterocycles. The zero-order valence-corrected chi connectivity index (χ0v) is 6.66. The van der Waals surface area contributed by atoms with Crippen LogP contribution >= 0.6 is 0 Å². The van der Waals surface area contributed by atoms with Gasteiger partial charge in [0.1, 0.15) is 0 Å². The van der Waals surface area contributed by atoms with Crippen LogP contribution in [0.2, 0.25) is 0 Å². The van der Waals surface area contributed by atoms with Crippen molar-refractivity contribution < 1.29 is 0 Å². The van der Waals surface area contributed by atoms with Crippen LogP contribution in [0.25, 0.3) is 0 Å². The van der Waals surface area contributed by atoms with Crippen LogP contribution in [0.4, 0.5) is 0 Å². The minimum Gasteiger partial charge on any atom is -0.0879 e. The van der Waals surface area contributed by atoms with Crippen molar-refractivity contribution in [3.05, 3.63) is 48.6 Å². The summed E-state index contributed by atoms with van der Waals surface area (Å²) < 4.78 is 0. The summed E-state index contributed by atoms with van der Waals surface area (Å²) in [5.74, 6) is 0. The van der Waals surface area contributed by atoms with Gasteiger partial charge in [0.25, 0.3) is 0 Å². The van der Waals surface area contributed by atoms with E-state index in [0.717, 1.165) is 19.3 Å². The third-order valence-electron chi connectivity index (χ3n) is 1.47. The van der Waals surface area contributed by atoms with E-state index in [0.29, 0.717) is 0 Å². The Hall–Kier alpha value is -1.04. The van der Waals surface area contributed by atoms with Crippen LogP contribution < -0.4 is 0 Å². The molecule has 0 spiro atoms. The van der Waals surface area contributed by atoms with E-state index in [-0.39, 0.29) is 0 Å². The first-order chi connectivity index (χ1) is 5.50. The van der Waals surface area contributed by atoms with Crippen LogP contribution in [-0.2, 0) is 0 Å². The van der Waals surface area contributed by atoms with E-state index in [1.807, 2.05) is 18.2 Å². The lowest BCUT2D eigenvalue weighted by molar-refractivity contribution is 1.02. The Morgan fingerprint density at radius 1 is 0.909 bits per heavy atom. The third-order valence-corrected chi connectivity index (χ3v) is 1.47. The lowest BCUT2D eigenvalue weighted by atomic mass is 10.2. The van der Waals surface area contributed by atoms with Gasteiger partial charge in [-0.25, -0.2) is 0 Å². The van der Waals surface area contributed by atoms with Crippen LogP contribution in [0.1, 0.15) is 19.3 Å². The minimum atomic E-state index is 1.03. The molecule has 1 radical (unpaired) electrons. The van der Waals surface area contributed by atoms with Crippen molar-refractivity contribution in [2.24, 2.45) is 0 Å². The van der Waals surface area contributed by atoms with Crippen LogP contribution in [0.3, 0.4) is 0 Å². The van der Waals surface area contributed by atoms with E-state index in [2.05, 4.69) is 30.4 Å². The topological polar surface area (TPSA) is 0 Å². The lowest BCUT2D eigenvalue weighted by Gasteiger charge is -1.83. The Morgan fingerprint density at radius 2 is 1.91 bits per heavy atom. The fourth-order valence-corrected chi connectivity index (χ4v) is 0.888. The molecule has 0 aliphatic heterocycles. The summed E-state index contributed by atoms with van der Waals surface area (Å²) in [5, 5.41) is 0. The first-order valence-corrected chi connectivity index (χ1v) is 4.03. The molecule has 1 rings (SSSR count). The first-order valence-electron chi connectivity index (χ1n) is 4.03. The fraction of sp³-hybridized carbons (Fsp3) is 0.273. The molecule has 0 N–H and O–H groups in total. The molecule has 1 aliphatic carbocycles. The normalized spacial score (nSPS) is 29.8. The van der Waals surface area contributed by atoms with Crippen molar-refractivity contribution in [1.82, 2.24) is 0 Å². The largest absolute Gasteiger partial charge is 0.0879 e. The predicted octanol–water partition coefficient (Wildman–Crippen LogP) is 3.20. The van der Waals surface area contributed by atoms with Crippen molar-refractivity contribution >= 4 is 0 Å². The molecule has 0 amide bonds. The maximum Gasteiger partial charge on any atom is -0.0166 e. The van der Waals surface area contributed by atoms with Crippen molar-refractivity contribution in [2.45, 2.75) is 19.3 Å². The van der Waals surface area contributed by atoms with Gasteiger partial charge in [0.15, 0.2) is 0 Å². The summed E-state index contributed by atoms with van der Waals surface area (Å²) in [6.45, 7) is 0. The van der Waals surface area contributed by atoms with Crippen LogP contribution in [-0.4, -0.2) is 0 Å². The smallest absolute Gasteiger partial charge is 0.0166 e. The highest BCUT2D eigenvalue weighted by Crippen LogP contribution is 1.96. The summed E-state index contributed by atoms with van der Waals surface area (Å²) in [4.78, 5) is 0. The molecule has 0 aromatic heterocycles. The van der Waals surface area contributed by atoms with Gasteiger partial charge in [-0.1, -0.05) is 42.5 Å². The van der Waals surface area contributed by atoms with Crippen molar-refractivity contribution in [2.75, 3.05) is 0 Å². The van der Waals surface area contributed by atoms with E-state index >= 15 is 0 Å². The zero-order valence-electron chi connectivity index (χ0n) is 6.66. The Bertz CT molecular complexity index is 192. The maximum absolute atomic E-state index is 3.19. The summed E-state index contributed by atoms with van der Waals surface area (Å²) in [6.07, 6.45) is 21.0. The second-order valence-electron chi connectivity index (χ2n) is 2.43. The average Bonchev–Trinajstić information content (AvgIpc) is 2.08. The molecule has 0 aromatic rings. The quantitative estimate of drug-likeness (QED) is 0.459. The second kappa shape index (κ2) is 5.72. The summed E-state index contributed by atoms with van der Waals surface area (Å²) in [7, 11) is 0. The fourth-order valence-electron chi connectivity index (χ4n) is 0.888. The predicted molar refractivity (Wildman–Crippen MR) is 49.1 cm³/mol. The van der Waals surface area contributed by atoms with Gasteiger partial charge in [0.05, 0.1) is 0 Å². The van der Waals surface area contributed by atoms with Gasteiger partial charge in [-0.05, 0) is 25.3 Å². The molecule has 0 unspecified atom stereocenters. The van der Waals surface area contributed by atoms with E-state index < -0.39 is 0 Å².